The minimum atomic E-state index is -1.09. The van der Waals surface area contributed by atoms with E-state index < -0.39 is 11.6 Å². The molecule has 1 aliphatic rings. The molecule has 4 heteroatoms. The maximum absolute atomic E-state index is 10.9. The summed E-state index contributed by atoms with van der Waals surface area (Å²) in [4.78, 5) is 10.9. The Morgan fingerprint density at radius 1 is 1.67 bits per heavy atom. The molecular weight excluding hydrogens is 196 g/mol. The van der Waals surface area contributed by atoms with Gasteiger partial charge < -0.3 is 14.6 Å². The maximum Gasteiger partial charge on any atom is 0.339 e. The summed E-state index contributed by atoms with van der Waals surface area (Å²) >= 11 is 0. The maximum atomic E-state index is 10.9. The number of carboxylic acids is 1. The fraction of sp³-hybridized carbons (Fsp3) is 0.545. The van der Waals surface area contributed by atoms with Gasteiger partial charge in [-0.1, -0.05) is 6.92 Å². The van der Waals surface area contributed by atoms with Crippen molar-refractivity contribution in [2.75, 3.05) is 0 Å². The van der Waals surface area contributed by atoms with E-state index in [9.17, 15) is 9.90 Å². The molecule has 2 rings (SSSR count). The minimum Gasteiger partial charge on any atom is -0.478 e. The normalized spacial score (nSPS) is 30.7. The largest absolute Gasteiger partial charge is 0.478 e. The second-order valence-corrected chi connectivity index (χ2v) is 4.35. The number of hydrogen-bond acceptors (Lipinski definition) is 3. The molecule has 1 saturated carbocycles. The summed E-state index contributed by atoms with van der Waals surface area (Å²) in [7, 11) is 0. The molecular formula is C11H14O4. The average Bonchev–Trinajstić information content (AvgIpc) is 2.72. The quantitative estimate of drug-likeness (QED) is 0.783. The van der Waals surface area contributed by atoms with Gasteiger partial charge in [-0.2, -0.15) is 0 Å². The molecule has 1 fully saturated rings. The molecule has 0 spiro atoms. The molecule has 1 aliphatic carbocycles. The lowest BCUT2D eigenvalue weighted by molar-refractivity contribution is 0.0162. The summed E-state index contributed by atoms with van der Waals surface area (Å²) in [5.74, 6) is -0.437. The van der Waals surface area contributed by atoms with Crippen LogP contribution in [-0.2, 0) is 5.60 Å². The van der Waals surface area contributed by atoms with E-state index >= 15 is 0 Å². The molecule has 0 bridgehead atoms. The summed E-state index contributed by atoms with van der Waals surface area (Å²) in [5, 5.41) is 19.2. The van der Waals surface area contributed by atoms with E-state index in [0.29, 0.717) is 18.8 Å². The first-order valence-corrected chi connectivity index (χ1v) is 5.06. The van der Waals surface area contributed by atoms with Crippen LogP contribution in [0.5, 0.6) is 0 Å². The van der Waals surface area contributed by atoms with Gasteiger partial charge in [0.2, 0.25) is 0 Å². The van der Waals surface area contributed by atoms with Gasteiger partial charge in [0.15, 0.2) is 0 Å². The van der Waals surface area contributed by atoms with Crippen molar-refractivity contribution in [3.63, 3.8) is 0 Å². The molecule has 2 atom stereocenters. The number of aromatic carboxylic acids is 1. The Morgan fingerprint density at radius 2 is 2.40 bits per heavy atom. The van der Waals surface area contributed by atoms with Crippen LogP contribution in [-0.4, -0.2) is 16.2 Å². The van der Waals surface area contributed by atoms with Crippen LogP contribution in [0.2, 0.25) is 0 Å². The monoisotopic (exact) mass is 210 g/mol. The minimum absolute atomic E-state index is 0.0756. The topological polar surface area (TPSA) is 70.7 Å². The Kier molecular flexibility index (Phi) is 2.31. The Balaban J connectivity index is 2.37. The first-order chi connectivity index (χ1) is 7.03. The molecule has 0 radical (unpaired) electrons. The molecule has 0 amide bonds. The molecule has 82 valence electrons. The van der Waals surface area contributed by atoms with Crippen LogP contribution >= 0.6 is 0 Å². The fourth-order valence-corrected chi connectivity index (χ4v) is 2.31. The van der Waals surface area contributed by atoms with Crippen LogP contribution in [0, 0.1) is 5.92 Å². The molecule has 15 heavy (non-hydrogen) atoms. The lowest BCUT2D eigenvalue weighted by Gasteiger charge is -2.20. The molecule has 1 aromatic rings. The number of carboxylic acid groups (broad SMARTS) is 1. The van der Waals surface area contributed by atoms with Crippen molar-refractivity contribution < 1.29 is 19.4 Å². The van der Waals surface area contributed by atoms with Gasteiger partial charge in [0, 0.05) is 0 Å². The van der Waals surface area contributed by atoms with Crippen LogP contribution in [0.3, 0.4) is 0 Å². The predicted molar refractivity (Wildman–Crippen MR) is 52.6 cm³/mol. The number of rotatable bonds is 2. The van der Waals surface area contributed by atoms with Crippen molar-refractivity contribution in [3.8, 4) is 0 Å². The smallest absolute Gasteiger partial charge is 0.339 e. The van der Waals surface area contributed by atoms with Gasteiger partial charge >= 0.3 is 5.97 Å². The third-order valence-electron chi connectivity index (χ3n) is 3.06. The molecule has 0 aliphatic heterocycles. The van der Waals surface area contributed by atoms with E-state index in [1.807, 2.05) is 6.92 Å². The zero-order valence-electron chi connectivity index (χ0n) is 8.56. The summed E-state index contributed by atoms with van der Waals surface area (Å²) in [6, 6.07) is 1.39. The number of hydrogen-bond donors (Lipinski definition) is 2. The third kappa shape index (κ3) is 1.65. The van der Waals surface area contributed by atoms with Crippen LogP contribution < -0.4 is 0 Å². The summed E-state index contributed by atoms with van der Waals surface area (Å²) < 4.78 is 5.13. The lowest BCUT2D eigenvalue weighted by Crippen LogP contribution is -2.23. The lowest BCUT2D eigenvalue weighted by atomic mass is 9.95. The molecule has 1 heterocycles. The fourth-order valence-electron chi connectivity index (χ4n) is 2.31. The number of aliphatic hydroxyl groups is 1. The van der Waals surface area contributed by atoms with Gasteiger partial charge in [-0.25, -0.2) is 4.79 Å². The van der Waals surface area contributed by atoms with E-state index in [-0.39, 0.29) is 11.3 Å². The summed E-state index contributed by atoms with van der Waals surface area (Å²) in [6.07, 6.45) is 3.36. The van der Waals surface area contributed by atoms with Gasteiger partial charge in [0.05, 0.1) is 6.26 Å². The van der Waals surface area contributed by atoms with Gasteiger partial charge in [0.25, 0.3) is 0 Å². The van der Waals surface area contributed by atoms with Crippen molar-refractivity contribution in [1.82, 2.24) is 0 Å². The van der Waals surface area contributed by atoms with E-state index in [1.165, 1.54) is 12.3 Å². The highest BCUT2D eigenvalue weighted by Crippen LogP contribution is 2.43. The van der Waals surface area contributed by atoms with Gasteiger partial charge in [0.1, 0.15) is 16.9 Å². The van der Waals surface area contributed by atoms with Gasteiger partial charge in [-0.3, -0.25) is 0 Å². The Morgan fingerprint density at radius 3 is 2.93 bits per heavy atom. The van der Waals surface area contributed by atoms with E-state index in [1.54, 1.807) is 0 Å². The number of furan rings is 1. The van der Waals surface area contributed by atoms with Gasteiger partial charge in [-0.15, -0.1) is 0 Å². The van der Waals surface area contributed by atoms with Crippen molar-refractivity contribution >= 4 is 5.97 Å². The molecule has 1 aromatic heterocycles. The first kappa shape index (κ1) is 10.2. The zero-order chi connectivity index (χ0) is 11.1. The number of carbonyl (C=O) groups is 1. The van der Waals surface area contributed by atoms with Crippen molar-refractivity contribution in [2.24, 2.45) is 5.92 Å². The van der Waals surface area contributed by atoms with E-state index in [4.69, 9.17) is 9.52 Å². The second kappa shape index (κ2) is 3.38. The first-order valence-electron chi connectivity index (χ1n) is 5.06. The molecule has 2 unspecified atom stereocenters. The van der Waals surface area contributed by atoms with E-state index in [0.717, 1.165) is 6.42 Å². The third-order valence-corrected chi connectivity index (χ3v) is 3.06. The zero-order valence-corrected chi connectivity index (χ0v) is 8.56. The average molecular weight is 210 g/mol. The van der Waals surface area contributed by atoms with Crippen LogP contribution in [0.4, 0.5) is 0 Å². The van der Waals surface area contributed by atoms with Crippen LogP contribution in [0.25, 0.3) is 0 Å². The van der Waals surface area contributed by atoms with Crippen LogP contribution in [0.1, 0.15) is 42.3 Å². The van der Waals surface area contributed by atoms with Gasteiger partial charge in [-0.05, 0) is 31.2 Å². The van der Waals surface area contributed by atoms with Crippen LogP contribution in [0.15, 0.2) is 16.7 Å². The molecule has 2 N–H and O–H groups in total. The molecule has 0 aromatic carbocycles. The highest BCUT2D eigenvalue weighted by atomic mass is 16.4. The Hall–Kier alpha value is -1.29. The summed E-state index contributed by atoms with van der Waals surface area (Å²) in [6.45, 7) is 2.04. The second-order valence-electron chi connectivity index (χ2n) is 4.35. The summed E-state index contributed by atoms with van der Waals surface area (Å²) in [5.41, 5.74) is -1.01. The van der Waals surface area contributed by atoms with Crippen molar-refractivity contribution in [1.29, 1.82) is 0 Å². The SMILES string of the molecule is CC1CCC(O)(c2occc2C(=O)O)C1. The van der Waals surface area contributed by atoms with Crippen molar-refractivity contribution in [2.45, 2.75) is 31.8 Å². The standard InChI is InChI=1S/C11H14O4/c1-7-2-4-11(14,6-7)9-8(10(12)13)3-5-15-9/h3,5,7,14H,2,4,6H2,1H3,(H,12,13). The van der Waals surface area contributed by atoms with E-state index in [2.05, 4.69) is 0 Å². The van der Waals surface area contributed by atoms with Crippen molar-refractivity contribution in [3.05, 3.63) is 23.7 Å². The molecule has 0 saturated heterocycles. The highest BCUT2D eigenvalue weighted by molar-refractivity contribution is 5.89. The highest BCUT2D eigenvalue weighted by Gasteiger charge is 2.42. The Bertz CT molecular complexity index is 382. The Labute approximate surface area is 87.5 Å². The molecule has 4 nitrogen and oxygen atoms in total. The predicted octanol–water partition coefficient (Wildman–Crippen LogP) is 1.99.